The molecule has 94 valence electrons. The SMILES string of the molecule is COC(=O)NS(=O)(=O)Nc1ccc(CBr)cc1. The number of hydrogen-bond acceptors (Lipinski definition) is 4. The first kappa shape index (κ1) is 13.8. The lowest BCUT2D eigenvalue weighted by Gasteiger charge is -2.08. The Bertz CT molecular complexity index is 486. The zero-order valence-corrected chi connectivity index (χ0v) is 11.3. The Morgan fingerprint density at radius 3 is 2.41 bits per heavy atom. The van der Waals surface area contributed by atoms with E-state index in [1.54, 1.807) is 29.0 Å². The number of alkyl halides is 1. The third-order valence-electron chi connectivity index (χ3n) is 1.76. The molecule has 6 nitrogen and oxygen atoms in total. The van der Waals surface area contributed by atoms with E-state index in [0.29, 0.717) is 11.0 Å². The van der Waals surface area contributed by atoms with E-state index in [9.17, 15) is 13.2 Å². The molecule has 0 saturated heterocycles. The van der Waals surface area contributed by atoms with Crippen molar-refractivity contribution < 1.29 is 17.9 Å². The smallest absolute Gasteiger partial charge is 0.422 e. The van der Waals surface area contributed by atoms with Gasteiger partial charge in [0.15, 0.2) is 0 Å². The highest BCUT2D eigenvalue weighted by Gasteiger charge is 2.13. The normalized spacial score (nSPS) is 10.7. The zero-order chi connectivity index (χ0) is 12.9. The maximum atomic E-state index is 11.4. The highest BCUT2D eigenvalue weighted by Crippen LogP contribution is 2.12. The summed E-state index contributed by atoms with van der Waals surface area (Å²) in [6.07, 6.45) is -1.05. The Labute approximate surface area is 108 Å². The first-order chi connectivity index (χ1) is 7.96. The van der Waals surface area contributed by atoms with Crippen molar-refractivity contribution in [2.45, 2.75) is 5.33 Å². The molecule has 1 amide bonds. The van der Waals surface area contributed by atoms with Crippen LogP contribution in [0.1, 0.15) is 5.56 Å². The number of methoxy groups -OCH3 is 1. The molecule has 2 N–H and O–H groups in total. The number of anilines is 1. The summed E-state index contributed by atoms with van der Waals surface area (Å²) in [7, 11) is -2.87. The van der Waals surface area contributed by atoms with Crippen molar-refractivity contribution in [1.82, 2.24) is 4.72 Å². The molecule has 0 radical (unpaired) electrons. The van der Waals surface area contributed by atoms with E-state index in [-0.39, 0.29) is 0 Å². The van der Waals surface area contributed by atoms with Gasteiger partial charge in [0, 0.05) is 5.33 Å². The number of amides is 1. The van der Waals surface area contributed by atoms with E-state index in [0.717, 1.165) is 12.7 Å². The summed E-state index contributed by atoms with van der Waals surface area (Å²) in [5.41, 5.74) is 1.36. The Balaban J connectivity index is 2.72. The number of carbonyl (C=O) groups is 1. The first-order valence-corrected chi connectivity index (χ1v) is 7.10. The third kappa shape index (κ3) is 4.61. The molecule has 1 rings (SSSR count). The molecule has 0 fully saturated rings. The van der Waals surface area contributed by atoms with Crippen LogP contribution in [-0.2, 0) is 20.3 Å². The molecule has 0 aliphatic rings. The van der Waals surface area contributed by atoms with Crippen molar-refractivity contribution in [2.24, 2.45) is 0 Å². The largest absolute Gasteiger partial charge is 0.452 e. The van der Waals surface area contributed by atoms with Crippen LogP contribution in [0.5, 0.6) is 0 Å². The molecule has 0 aliphatic carbocycles. The minimum absolute atomic E-state index is 0.353. The van der Waals surface area contributed by atoms with Crippen molar-refractivity contribution in [3.05, 3.63) is 29.8 Å². The maximum absolute atomic E-state index is 11.4. The number of nitrogens with one attached hydrogen (secondary N) is 2. The molecule has 1 aromatic carbocycles. The molecule has 0 saturated carbocycles. The highest BCUT2D eigenvalue weighted by atomic mass is 79.9. The summed E-state index contributed by atoms with van der Waals surface area (Å²) >= 11 is 3.27. The van der Waals surface area contributed by atoms with Crippen LogP contribution >= 0.6 is 15.9 Å². The van der Waals surface area contributed by atoms with Crippen LogP contribution in [0, 0.1) is 0 Å². The second kappa shape index (κ2) is 5.87. The lowest BCUT2D eigenvalue weighted by Crippen LogP contribution is -2.35. The molecule has 0 aliphatic heterocycles. The minimum atomic E-state index is -3.95. The number of rotatable bonds is 4. The van der Waals surface area contributed by atoms with Gasteiger partial charge in [-0.1, -0.05) is 28.1 Å². The summed E-state index contributed by atoms with van der Waals surface area (Å²) < 4.78 is 30.8. The van der Waals surface area contributed by atoms with Gasteiger partial charge in [-0.25, -0.2) is 9.52 Å². The minimum Gasteiger partial charge on any atom is -0.452 e. The molecule has 0 unspecified atom stereocenters. The average molecular weight is 323 g/mol. The van der Waals surface area contributed by atoms with Crippen LogP contribution in [0.15, 0.2) is 24.3 Å². The van der Waals surface area contributed by atoms with E-state index in [2.05, 4.69) is 25.4 Å². The second-order valence-electron chi connectivity index (χ2n) is 3.03. The van der Waals surface area contributed by atoms with E-state index in [4.69, 9.17) is 0 Å². The van der Waals surface area contributed by atoms with E-state index in [1.807, 2.05) is 0 Å². The summed E-state index contributed by atoms with van der Waals surface area (Å²) in [4.78, 5) is 10.8. The molecule has 0 aromatic heterocycles. The average Bonchev–Trinajstić information content (AvgIpc) is 2.28. The van der Waals surface area contributed by atoms with Crippen molar-refractivity contribution >= 4 is 37.9 Å². The Hall–Kier alpha value is -1.28. The molecule has 0 atom stereocenters. The van der Waals surface area contributed by atoms with E-state index in [1.165, 1.54) is 0 Å². The van der Waals surface area contributed by atoms with Crippen molar-refractivity contribution in [3.63, 3.8) is 0 Å². The fourth-order valence-electron chi connectivity index (χ4n) is 0.994. The summed E-state index contributed by atoms with van der Waals surface area (Å²) in [6, 6.07) is 6.69. The second-order valence-corrected chi connectivity index (χ2v) is 5.01. The quantitative estimate of drug-likeness (QED) is 0.824. The molecular weight excluding hydrogens is 312 g/mol. The van der Waals surface area contributed by atoms with Crippen LogP contribution in [0.25, 0.3) is 0 Å². The van der Waals surface area contributed by atoms with Crippen molar-refractivity contribution in [3.8, 4) is 0 Å². The van der Waals surface area contributed by atoms with Gasteiger partial charge < -0.3 is 4.74 Å². The molecule has 0 heterocycles. The molecule has 0 bridgehead atoms. The third-order valence-corrected chi connectivity index (χ3v) is 3.35. The number of halogens is 1. The van der Waals surface area contributed by atoms with Crippen LogP contribution in [0.2, 0.25) is 0 Å². The maximum Gasteiger partial charge on any atom is 0.422 e. The fourth-order valence-corrected chi connectivity index (χ4v) is 2.17. The lowest BCUT2D eigenvalue weighted by atomic mass is 10.2. The van der Waals surface area contributed by atoms with Gasteiger partial charge in [-0.15, -0.1) is 0 Å². The zero-order valence-electron chi connectivity index (χ0n) is 8.94. The van der Waals surface area contributed by atoms with Gasteiger partial charge in [0.2, 0.25) is 0 Å². The number of hydrogen-bond donors (Lipinski definition) is 2. The van der Waals surface area contributed by atoms with Crippen LogP contribution in [0.4, 0.5) is 10.5 Å². The number of carbonyl (C=O) groups excluding carboxylic acids is 1. The summed E-state index contributed by atoms with van der Waals surface area (Å²) in [6.45, 7) is 0. The Morgan fingerprint density at radius 1 is 1.35 bits per heavy atom. The predicted octanol–water partition coefficient (Wildman–Crippen LogP) is 1.59. The van der Waals surface area contributed by atoms with Gasteiger partial charge in [0.05, 0.1) is 12.8 Å². The van der Waals surface area contributed by atoms with Gasteiger partial charge >= 0.3 is 16.3 Å². The van der Waals surface area contributed by atoms with Crippen molar-refractivity contribution in [2.75, 3.05) is 11.8 Å². The number of benzene rings is 1. The number of ether oxygens (including phenoxy) is 1. The Morgan fingerprint density at radius 2 is 1.94 bits per heavy atom. The molecule has 1 aromatic rings. The van der Waals surface area contributed by atoms with Crippen LogP contribution in [0.3, 0.4) is 0 Å². The van der Waals surface area contributed by atoms with E-state index < -0.39 is 16.3 Å². The summed E-state index contributed by atoms with van der Waals surface area (Å²) in [5, 5.41) is 0.681. The lowest BCUT2D eigenvalue weighted by molar-refractivity contribution is 0.177. The van der Waals surface area contributed by atoms with E-state index >= 15 is 0 Å². The Kier molecular flexibility index (Phi) is 4.76. The molecule has 0 spiro atoms. The molecular formula is C9H11BrN2O4S. The molecule has 8 heteroatoms. The van der Waals surface area contributed by atoms with Crippen LogP contribution < -0.4 is 9.44 Å². The first-order valence-electron chi connectivity index (χ1n) is 4.50. The van der Waals surface area contributed by atoms with Gasteiger partial charge in [0.1, 0.15) is 0 Å². The molecule has 17 heavy (non-hydrogen) atoms. The topological polar surface area (TPSA) is 84.5 Å². The predicted molar refractivity (Wildman–Crippen MR) is 67.2 cm³/mol. The van der Waals surface area contributed by atoms with Gasteiger partial charge in [-0.3, -0.25) is 4.72 Å². The highest BCUT2D eigenvalue weighted by molar-refractivity contribution is 9.08. The van der Waals surface area contributed by atoms with Gasteiger partial charge in [-0.05, 0) is 17.7 Å². The standard InChI is InChI=1S/C9H11BrN2O4S/c1-16-9(13)12-17(14,15)11-8-4-2-7(6-10)3-5-8/h2-5,11H,6H2,1H3,(H,12,13). The monoisotopic (exact) mass is 322 g/mol. The van der Waals surface area contributed by atoms with Gasteiger partial charge in [-0.2, -0.15) is 8.42 Å². The van der Waals surface area contributed by atoms with Crippen LogP contribution in [-0.4, -0.2) is 21.6 Å². The van der Waals surface area contributed by atoms with Crippen molar-refractivity contribution in [1.29, 1.82) is 0 Å². The summed E-state index contributed by atoms with van der Waals surface area (Å²) in [5.74, 6) is 0. The van der Waals surface area contributed by atoms with Gasteiger partial charge in [0.25, 0.3) is 0 Å². The fraction of sp³-hybridized carbons (Fsp3) is 0.222.